The summed E-state index contributed by atoms with van der Waals surface area (Å²) in [6.07, 6.45) is 0.195. The number of thiocarbonyl (C=S) groups is 1. The van der Waals surface area contributed by atoms with Crippen molar-refractivity contribution < 1.29 is 14.3 Å². The molecule has 3 rings (SSSR count). The molecule has 1 aromatic carbocycles. The summed E-state index contributed by atoms with van der Waals surface area (Å²) < 4.78 is 5.99. The van der Waals surface area contributed by atoms with E-state index in [1.165, 1.54) is 16.7 Å². The normalized spacial score (nSPS) is 21.5. The van der Waals surface area contributed by atoms with Gasteiger partial charge in [0.2, 0.25) is 11.8 Å². The van der Waals surface area contributed by atoms with Crippen LogP contribution in [-0.2, 0) is 14.3 Å². The Morgan fingerprint density at radius 3 is 2.58 bits per heavy atom. The standard InChI is InChI=1S/C17H20N2O3S2/c1-11-3-4-13(9-12(11)2)19-15(20)10-14(16(19)21)24-17(23)18-5-7-22-8-6-18/h3-4,9,14H,5-8,10H2,1-2H3/t14-/m1/s1. The minimum absolute atomic E-state index is 0.162. The monoisotopic (exact) mass is 364 g/mol. The van der Waals surface area contributed by atoms with Gasteiger partial charge in [0.25, 0.3) is 0 Å². The topological polar surface area (TPSA) is 49.9 Å². The Morgan fingerprint density at radius 1 is 1.21 bits per heavy atom. The van der Waals surface area contributed by atoms with Crippen LogP contribution < -0.4 is 4.90 Å². The molecule has 7 heteroatoms. The maximum absolute atomic E-state index is 12.7. The average molecular weight is 364 g/mol. The van der Waals surface area contributed by atoms with E-state index in [9.17, 15) is 9.59 Å². The molecule has 2 heterocycles. The summed E-state index contributed by atoms with van der Waals surface area (Å²) in [5.74, 6) is -0.339. The largest absolute Gasteiger partial charge is 0.378 e. The van der Waals surface area contributed by atoms with Crippen LogP contribution in [0.4, 0.5) is 5.69 Å². The van der Waals surface area contributed by atoms with Crippen molar-refractivity contribution >= 4 is 45.8 Å². The van der Waals surface area contributed by atoms with Crippen molar-refractivity contribution in [1.29, 1.82) is 0 Å². The number of amides is 2. The van der Waals surface area contributed by atoms with Crippen molar-refractivity contribution in [3.05, 3.63) is 29.3 Å². The number of carbonyl (C=O) groups is 2. The fourth-order valence-corrected chi connectivity index (χ4v) is 4.31. The second-order valence-electron chi connectivity index (χ2n) is 6.01. The van der Waals surface area contributed by atoms with Crippen LogP contribution in [-0.4, -0.2) is 52.6 Å². The van der Waals surface area contributed by atoms with Gasteiger partial charge in [0.05, 0.1) is 18.9 Å². The van der Waals surface area contributed by atoms with Gasteiger partial charge in [-0.3, -0.25) is 9.59 Å². The lowest BCUT2D eigenvalue weighted by Crippen LogP contribution is -2.39. The molecule has 0 aromatic heterocycles. The highest BCUT2D eigenvalue weighted by molar-refractivity contribution is 8.23. The molecule has 2 saturated heterocycles. The number of hydrogen-bond donors (Lipinski definition) is 0. The molecule has 1 atom stereocenters. The summed E-state index contributed by atoms with van der Waals surface area (Å²) in [6, 6.07) is 5.65. The smallest absolute Gasteiger partial charge is 0.247 e. The summed E-state index contributed by atoms with van der Waals surface area (Å²) in [5, 5.41) is -0.436. The SMILES string of the molecule is Cc1ccc(N2C(=O)C[C@@H](SC(=S)N3CCOCC3)C2=O)cc1C. The number of nitrogens with zero attached hydrogens (tertiary/aromatic N) is 2. The van der Waals surface area contributed by atoms with Crippen molar-refractivity contribution in [2.75, 3.05) is 31.2 Å². The number of benzene rings is 1. The highest BCUT2D eigenvalue weighted by Crippen LogP contribution is 2.32. The Morgan fingerprint density at radius 2 is 1.92 bits per heavy atom. The molecule has 24 heavy (non-hydrogen) atoms. The molecule has 0 spiro atoms. The Bertz CT molecular complexity index is 686. The molecule has 1 aromatic rings. The van der Waals surface area contributed by atoms with Gasteiger partial charge in [-0.05, 0) is 37.1 Å². The maximum Gasteiger partial charge on any atom is 0.247 e. The number of thioether (sulfide) groups is 1. The molecule has 0 saturated carbocycles. The maximum atomic E-state index is 12.7. The number of hydrogen-bond acceptors (Lipinski definition) is 5. The molecule has 128 valence electrons. The van der Waals surface area contributed by atoms with E-state index in [2.05, 4.69) is 0 Å². The van der Waals surface area contributed by atoms with Gasteiger partial charge in [-0.25, -0.2) is 4.90 Å². The average Bonchev–Trinajstić information content (AvgIpc) is 2.85. The second kappa shape index (κ2) is 7.21. The molecule has 0 N–H and O–H groups in total. The van der Waals surface area contributed by atoms with E-state index >= 15 is 0 Å². The van der Waals surface area contributed by atoms with E-state index in [0.29, 0.717) is 23.2 Å². The number of carbonyl (C=O) groups excluding carboxylic acids is 2. The van der Waals surface area contributed by atoms with Crippen LogP contribution in [0.2, 0.25) is 0 Å². The van der Waals surface area contributed by atoms with E-state index in [-0.39, 0.29) is 18.2 Å². The number of rotatable bonds is 2. The third kappa shape index (κ3) is 3.48. The predicted molar refractivity (Wildman–Crippen MR) is 99.4 cm³/mol. The van der Waals surface area contributed by atoms with Gasteiger partial charge in [0, 0.05) is 19.5 Å². The molecule has 0 aliphatic carbocycles. The van der Waals surface area contributed by atoms with Crippen LogP contribution in [0.3, 0.4) is 0 Å². The van der Waals surface area contributed by atoms with Crippen LogP contribution in [0, 0.1) is 13.8 Å². The Labute approximate surface area is 151 Å². The van der Waals surface area contributed by atoms with Crippen molar-refractivity contribution in [3.63, 3.8) is 0 Å². The van der Waals surface area contributed by atoms with Crippen molar-refractivity contribution in [3.8, 4) is 0 Å². The quantitative estimate of drug-likeness (QED) is 0.593. The molecule has 2 fully saturated rings. The van der Waals surface area contributed by atoms with E-state index in [1.807, 2.05) is 36.9 Å². The van der Waals surface area contributed by atoms with Crippen LogP contribution in [0.1, 0.15) is 17.5 Å². The number of imide groups is 1. The fourth-order valence-electron chi connectivity index (χ4n) is 2.77. The molecule has 2 amide bonds. The first-order valence-electron chi connectivity index (χ1n) is 7.94. The number of aryl methyl sites for hydroxylation is 2. The first kappa shape index (κ1) is 17.4. The van der Waals surface area contributed by atoms with Gasteiger partial charge in [-0.1, -0.05) is 30.0 Å². The molecule has 2 aliphatic heterocycles. The zero-order valence-electron chi connectivity index (χ0n) is 13.8. The summed E-state index contributed by atoms with van der Waals surface area (Å²) in [7, 11) is 0. The molecule has 0 radical (unpaired) electrons. The van der Waals surface area contributed by atoms with Gasteiger partial charge in [-0.15, -0.1) is 0 Å². The van der Waals surface area contributed by atoms with Gasteiger partial charge in [0.15, 0.2) is 0 Å². The highest BCUT2D eigenvalue weighted by Gasteiger charge is 2.41. The molecular weight excluding hydrogens is 344 g/mol. The third-order valence-corrected chi connectivity index (χ3v) is 6.03. The molecular formula is C17H20N2O3S2. The first-order valence-corrected chi connectivity index (χ1v) is 9.23. The van der Waals surface area contributed by atoms with Crippen LogP contribution in [0.5, 0.6) is 0 Å². The van der Waals surface area contributed by atoms with Gasteiger partial charge < -0.3 is 9.64 Å². The molecule has 5 nitrogen and oxygen atoms in total. The lowest BCUT2D eigenvalue weighted by Gasteiger charge is -2.29. The lowest BCUT2D eigenvalue weighted by atomic mass is 10.1. The zero-order valence-corrected chi connectivity index (χ0v) is 15.4. The summed E-state index contributed by atoms with van der Waals surface area (Å²) >= 11 is 6.77. The second-order valence-corrected chi connectivity index (χ2v) is 7.85. The number of ether oxygens (including phenoxy) is 1. The Kier molecular flexibility index (Phi) is 5.22. The molecule has 2 aliphatic rings. The van der Waals surface area contributed by atoms with Crippen LogP contribution in [0.15, 0.2) is 18.2 Å². The summed E-state index contributed by atoms with van der Waals surface area (Å²) in [5.41, 5.74) is 2.85. The van der Waals surface area contributed by atoms with Crippen LogP contribution >= 0.6 is 24.0 Å². The predicted octanol–water partition coefficient (Wildman–Crippen LogP) is 2.29. The Hall–Kier alpha value is -1.44. The fraction of sp³-hybridized carbons (Fsp3) is 0.471. The van der Waals surface area contributed by atoms with Crippen LogP contribution in [0.25, 0.3) is 0 Å². The molecule has 0 bridgehead atoms. The van der Waals surface area contributed by atoms with E-state index in [0.717, 1.165) is 24.2 Å². The molecule has 0 unspecified atom stereocenters. The van der Waals surface area contributed by atoms with Crippen molar-refractivity contribution in [1.82, 2.24) is 4.90 Å². The summed E-state index contributed by atoms with van der Waals surface area (Å²) in [4.78, 5) is 28.4. The lowest BCUT2D eigenvalue weighted by molar-refractivity contribution is -0.121. The van der Waals surface area contributed by atoms with E-state index in [4.69, 9.17) is 17.0 Å². The van der Waals surface area contributed by atoms with Gasteiger partial charge in [-0.2, -0.15) is 0 Å². The third-order valence-electron chi connectivity index (χ3n) is 4.37. The van der Waals surface area contributed by atoms with Gasteiger partial charge >= 0.3 is 0 Å². The number of anilines is 1. The van der Waals surface area contributed by atoms with Crippen molar-refractivity contribution in [2.45, 2.75) is 25.5 Å². The summed E-state index contributed by atoms with van der Waals surface area (Å²) in [6.45, 7) is 6.75. The van der Waals surface area contributed by atoms with E-state index < -0.39 is 5.25 Å². The zero-order chi connectivity index (χ0) is 17.3. The minimum atomic E-state index is -0.436. The van der Waals surface area contributed by atoms with Gasteiger partial charge in [0.1, 0.15) is 9.57 Å². The van der Waals surface area contributed by atoms with Crippen molar-refractivity contribution in [2.24, 2.45) is 0 Å². The minimum Gasteiger partial charge on any atom is -0.378 e. The van der Waals surface area contributed by atoms with E-state index in [1.54, 1.807) is 0 Å². The highest BCUT2D eigenvalue weighted by atomic mass is 32.2. The first-order chi connectivity index (χ1) is 11.5. The number of morpholine rings is 1. The Balaban J connectivity index is 1.71.